The number of carbonyl (C=O) groups is 4. The summed E-state index contributed by atoms with van der Waals surface area (Å²) in [7, 11) is 0. The van der Waals surface area contributed by atoms with Gasteiger partial charge in [-0.25, -0.2) is 4.79 Å². The van der Waals surface area contributed by atoms with Gasteiger partial charge in [0.1, 0.15) is 6.04 Å². The lowest BCUT2D eigenvalue weighted by atomic mass is 9.55. The smallest absolute Gasteiger partial charge is 0.329 e. The van der Waals surface area contributed by atoms with E-state index in [1.165, 1.54) is 6.92 Å². The molecule has 0 spiro atoms. The molecule has 4 atom stereocenters. The lowest BCUT2D eigenvalue weighted by Gasteiger charge is -2.45. The van der Waals surface area contributed by atoms with Gasteiger partial charge in [-0.3, -0.25) is 19.3 Å². The number of esters is 1. The van der Waals surface area contributed by atoms with Crippen molar-refractivity contribution in [2.45, 2.75) is 37.8 Å². The molecule has 1 aliphatic heterocycles. The molecule has 3 aliphatic carbocycles. The quantitative estimate of drug-likeness (QED) is 0.405. The van der Waals surface area contributed by atoms with Crippen LogP contribution in [0.5, 0.6) is 0 Å². The molecular formula is C31H28N2O5. The van der Waals surface area contributed by atoms with Gasteiger partial charge in [0.2, 0.25) is 11.8 Å². The van der Waals surface area contributed by atoms with Crippen LogP contribution in [0.25, 0.3) is 0 Å². The second kappa shape index (κ2) is 9.24. The van der Waals surface area contributed by atoms with Crippen LogP contribution in [-0.2, 0) is 23.9 Å². The van der Waals surface area contributed by atoms with Crippen LogP contribution >= 0.6 is 0 Å². The number of nitrogens with zero attached hydrogens (tertiary/aromatic N) is 1. The van der Waals surface area contributed by atoms with Gasteiger partial charge in [0, 0.05) is 11.8 Å². The molecule has 3 aromatic carbocycles. The Bertz CT molecular complexity index is 1340. The second-order valence-corrected chi connectivity index (χ2v) is 10.3. The molecule has 3 aromatic rings. The van der Waals surface area contributed by atoms with Gasteiger partial charge in [0.05, 0.1) is 17.9 Å². The first-order chi connectivity index (χ1) is 18.4. The number of likely N-dealkylation sites (tertiary alicyclic amines) is 1. The highest BCUT2D eigenvalue weighted by Gasteiger charge is 2.62. The van der Waals surface area contributed by atoms with Crippen LogP contribution in [0.2, 0.25) is 0 Å². The molecule has 0 saturated carbocycles. The fraction of sp³-hybridized carbons (Fsp3) is 0.290. The molecule has 7 rings (SSSR count). The number of hydrogen-bond donors (Lipinski definition) is 1. The lowest BCUT2D eigenvalue weighted by Crippen LogP contribution is -2.45. The molecule has 0 radical (unpaired) electrons. The minimum absolute atomic E-state index is 0.243. The molecule has 0 unspecified atom stereocenters. The fourth-order valence-corrected chi connectivity index (χ4v) is 6.55. The minimum Gasteiger partial charge on any atom is -0.454 e. The standard InChI is InChI=1S/C31H28N2O5/c1-17(19-10-4-3-5-11-19)32-24(34)16-38-31(37)18(2)33-29(35)27-25-20-12-6-7-13-21(20)26(28(27)30(33)36)23-15-9-8-14-22(23)25/h3-15,17-18,25-28H,16H2,1-2H3,(H,32,34)/t17-,18-,25?,26?,27-,28+/m0/s1. The number of nitrogens with one attached hydrogen (secondary N) is 1. The maximum absolute atomic E-state index is 13.8. The first-order valence-corrected chi connectivity index (χ1v) is 12.9. The molecule has 2 bridgehead atoms. The number of carbonyl (C=O) groups excluding carboxylic acids is 4. The maximum Gasteiger partial charge on any atom is 0.329 e. The molecule has 7 heteroatoms. The predicted octanol–water partition coefficient (Wildman–Crippen LogP) is 3.69. The summed E-state index contributed by atoms with van der Waals surface area (Å²) < 4.78 is 5.26. The molecule has 1 fully saturated rings. The van der Waals surface area contributed by atoms with E-state index in [2.05, 4.69) is 5.32 Å². The van der Waals surface area contributed by atoms with E-state index in [1.807, 2.05) is 85.8 Å². The summed E-state index contributed by atoms with van der Waals surface area (Å²) in [5, 5.41) is 2.79. The topological polar surface area (TPSA) is 92.8 Å². The van der Waals surface area contributed by atoms with E-state index in [9.17, 15) is 19.2 Å². The summed E-state index contributed by atoms with van der Waals surface area (Å²) in [5.41, 5.74) is 5.20. The summed E-state index contributed by atoms with van der Waals surface area (Å²) in [5.74, 6) is -3.57. The second-order valence-electron chi connectivity index (χ2n) is 10.3. The molecule has 4 aliphatic rings. The highest BCUT2D eigenvalue weighted by atomic mass is 16.5. The van der Waals surface area contributed by atoms with Gasteiger partial charge >= 0.3 is 5.97 Å². The van der Waals surface area contributed by atoms with Crippen LogP contribution in [-0.4, -0.2) is 41.2 Å². The Balaban J connectivity index is 1.19. The third kappa shape index (κ3) is 3.64. The van der Waals surface area contributed by atoms with Gasteiger partial charge in [-0.2, -0.15) is 0 Å². The van der Waals surface area contributed by atoms with Gasteiger partial charge in [-0.05, 0) is 41.7 Å². The van der Waals surface area contributed by atoms with Crippen molar-refractivity contribution in [3.05, 3.63) is 107 Å². The van der Waals surface area contributed by atoms with Crippen molar-refractivity contribution in [3.8, 4) is 0 Å². The molecule has 1 N–H and O–H groups in total. The number of benzene rings is 3. The van der Waals surface area contributed by atoms with E-state index >= 15 is 0 Å². The van der Waals surface area contributed by atoms with Crippen molar-refractivity contribution in [1.29, 1.82) is 0 Å². The van der Waals surface area contributed by atoms with Crippen LogP contribution in [0.4, 0.5) is 0 Å². The van der Waals surface area contributed by atoms with E-state index < -0.39 is 36.4 Å². The average Bonchev–Trinajstić information content (AvgIpc) is 3.21. The highest BCUT2D eigenvalue weighted by molar-refractivity contribution is 6.10. The third-order valence-corrected chi connectivity index (χ3v) is 8.23. The monoisotopic (exact) mass is 508 g/mol. The van der Waals surface area contributed by atoms with Crippen LogP contribution in [0.15, 0.2) is 78.9 Å². The predicted molar refractivity (Wildman–Crippen MR) is 139 cm³/mol. The maximum atomic E-state index is 13.8. The Morgan fingerprint density at radius 2 is 1.21 bits per heavy atom. The summed E-state index contributed by atoms with van der Waals surface area (Å²) in [6.45, 7) is 2.83. The summed E-state index contributed by atoms with van der Waals surface area (Å²) in [6, 6.07) is 24.0. The van der Waals surface area contributed by atoms with Crippen molar-refractivity contribution >= 4 is 23.7 Å². The van der Waals surface area contributed by atoms with Crippen LogP contribution < -0.4 is 5.32 Å². The van der Waals surface area contributed by atoms with Crippen molar-refractivity contribution in [2.24, 2.45) is 11.8 Å². The Kier molecular flexibility index (Phi) is 5.86. The Labute approximate surface area is 220 Å². The number of ether oxygens (including phenoxy) is 1. The largest absolute Gasteiger partial charge is 0.454 e. The number of imide groups is 1. The molecule has 3 amide bonds. The van der Waals surface area contributed by atoms with E-state index in [0.717, 1.165) is 32.7 Å². The molecule has 192 valence electrons. The molecule has 0 aromatic heterocycles. The Hall–Kier alpha value is -4.26. The summed E-state index contributed by atoms with van der Waals surface area (Å²) >= 11 is 0. The van der Waals surface area contributed by atoms with Gasteiger partial charge in [0.25, 0.3) is 5.91 Å². The van der Waals surface area contributed by atoms with Crippen molar-refractivity contribution in [3.63, 3.8) is 0 Å². The van der Waals surface area contributed by atoms with E-state index in [1.54, 1.807) is 0 Å². The molecule has 7 nitrogen and oxygen atoms in total. The first kappa shape index (κ1) is 24.1. The summed E-state index contributed by atoms with van der Waals surface area (Å²) in [6.07, 6.45) is 0. The number of rotatable bonds is 6. The first-order valence-electron chi connectivity index (χ1n) is 12.9. The molecule has 1 heterocycles. The normalized spacial score (nSPS) is 24.2. The Morgan fingerprint density at radius 3 is 1.68 bits per heavy atom. The van der Waals surface area contributed by atoms with Crippen molar-refractivity contribution in [1.82, 2.24) is 10.2 Å². The van der Waals surface area contributed by atoms with Gasteiger partial charge in [0.15, 0.2) is 6.61 Å². The average molecular weight is 509 g/mol. The third-order valence-electron chi connectivity index (χ3n) is 8.23. The van der Waals surface area contributed by atoms with E-state index in [4.69, 9.17) is 4.74 Å². The zero-order valence-corrected chi connectivity index (χ0v) is 21.2. The Morgan fingerprint density at radius 1 is 0.763 bits per heavy atom. The zero-order valence-electron chi connectivity index (χ0n) is 21.2. The highest BCUT2D eigenvalue weighted by Crippen LogP contribution is 2.61. The van der Waals surface area contributed by atoms with Crippen molar-refractivity contribution < 1.29 is 23.9 Å². The minimum atomic E-state index is -1.13. The van der Waals surface area contributed by atoms with Crippen LogP contribution in [0, 0.1) is 11.8 Å². The van der Waals surface area contributed by atoms with E-state index in [-0.39, 0.29) is 29.7 Å². The molecule has 38 heavy (non-hydrogen) atoms. The fourth-order valence-electron chi connectivity index (χ4n) is 6.55. The van der Waals surface area contributed by atoms with Crippen molar-refractivity contribution in [2.75, 3.05) is 6.61 Å². The summed E-state index contributed by atoms with van der Waals surface area (Å²) in [4.78, 5) is 54.0. The van der Waals surface area contributed by atoms with Gasteiger partial charge < -0.3 is 10.1 Å². The number of amides is 3. The van der Waals surface area contributed by atoms with Crippen LogP contribution in [0.3, 0.4) is 0 Å². The zero-order chi connectivity index (χ0) is 26.6. The van der Waals surface area contributed by atoms with E-state index in [0.29, 0.717) is 0 Å². The number of hydrogen-bond acceptors (Lipinski definition) is 5. The molecular weight excluding hydrogens is 480 g/mol. The SMILES string of the molecule is C[C@H](NC(=O)COC(=O)[C@H](C)N1C(=O)[C@@H]2C3c4ccccc4C(c4ccccc43)[C@@H]2C1=O)c1ccccc1. The molecule has 1 saturated heterocycles. The lowest BCUT2D eigenvalue weighted by molar-refractivity contribution is -0.159. The van der Waals surface area contributed by atoms with Gasteiger partial charge in [-0.15, -0.1) is 0 Å². The van der Waals surface area contributed by atoms with Crippen LogP contribution in [0.1, 0.15) is 59.5 Å². The van der Waals surface area contributed by atoms with Gasteiger partial charge in [-0.1, -0.05) is 78.9 Å².